The van der Waals surface area contributed by atoms with E-state index < -0.39 is 0 Å². The van der Waals surface area contributed by atoms with E-state index in [4.69, 9.17) is 16.3 Å². The van der Waals surface area contributed by atoms with E-state index in [1.54, 1.807) is 19.2 Å². The van der Waals surface area contributed by atoms with Gasteiger partial charge in [0.05, 0.1) is 17.0 Å². The van der Waals surface area contributed by atoms with Crippen LogP contribution in [0.4, 0.5) is 4.39 Å². The van der Waals surface area contributed by atoms with Gasteiger partial charge in [-0.05, 0) is 51.3 Å². The molecule has 4 heteroatoms. The van der Waals surface area contributed by atoms with Crippen LogP contribution in [-0.2, 0) is 0 Å². The van der Waals surface area contributed by atoms with E-state index in [0.717, 1.165) is 16.9 Å². The van der Waals surface area contributed by atoms with E-state index in [1.807, 2.05) is 24.3 Å². The van der Waals surface area contributed by atoms with Crippen molar-refractivity contribution < 1.29 is 9.13 Å². The lowest BCUT2D eigenvalue weighted by Gasteiger charge is -2.11. The highest BCUT2D eigenvalue weighted by molar-refractivity contribution is 9.10. The van der Waals surface area contributed by atoms with Crippen molar-refractivity contribution in [2.24, 2.45) is 0 Å². The molecule has 0 fully saturated rings. The van der Waals surface area contributed by atoms with Crippen molar-refractivity contribution in [3.63, 3.8) is 0 Å². The molecule has 0 radical (unpaired) electrons. The van der Waals surface area contributed by atoms with Crippen LogP contribution in [0.15, 0.2) is 46.9 Å². The molecule has 2 rings (SSSR count). The number of rotatable bonds is 3. The van der Waals surface area contributed by atoms with Gasteiger partial charge in [-0.25, -0.2) is 4.39 Å². The smallest absolute Gasteiger partial charge is 0.137 e. The molecule has 0 amide bonds. The summed E-state index contributed by atoms with van der Waals surface area (Å²) in [5.74, 6) is 0.455. The van der Waals surface area contributed by atoms with Crippen molar-refractivity contribution in [3.05, 3.63) is 63.9 Å². The van der Waals surface area contributed by atoms with Crippen LogP contribution in [0.3, 0.4) is 0 Å². The Morgan fingerprint density at radius 1 is 1.11 bits per heavy atom. The van der Waals surface area contributed by atoms with Crippen molar-refractivity contribution in [1.29, 1.82) is 0 Å². The average Bonchev–Trinajstić information content (AvgIpc) is 2.41. The van der Waals surface area contributed by atoms with Gasteiger partial charge >= 0.3 is 0 Å². The number of ether oxygens (including phenoxy) is 1. The van der Waals surface area contributed by atoms with Gasteiger partial charge in [0, 0.05) is 0 Å². The third-order valence-electron chi connectivity index (χ3n) is 2.64. The summed E-state index contributed by atoms with van der Waals surface area (Å²) >= 11 is 9.45. The van der Waals surface area contributed by atoms with Gasteiger partial charge in [0.15, 0.2) is 0 Å². The number of benzene rings is 2. The predicted octanol–water partition coefficient (Wildman–Crippen LogP) is 4.93. The lowest BCUT2D eigenvalue weighted by atomic mass is 10.0. The Hall–Kier alpha value is -1.06. The molecule has 18 heavy (non-hydrogen) atoms. The lowest BCUT2D eigenvalue weighted by molar-refractivity contribution is 0.414. The summed E-state index contributed by atoms with van der Waals surface area (Å²) in [6, 6.07) is 12.3. The topological polar surface area (TPSA) is 9.23 Å². The van der Waals surface area contributed by atoms with Crippen LogP contribution < -0.4 is 4.74 Å². The van der Waals surface area contributed by atoms with Gasteiger partial charge in [0.25, 0.3) is 0 Å². The van der Waals surface area contributed by atoms with Gasteiger partial charge in [-0.2, -0.15) is 0 Å². The first kappa shape index (κ1) is 13.4. The highest BCUT2D eigenvalue weighted by Gasteiger charge is 2.12. The van der Waals surface area contributed by atoms with Crippen LogP contribution in [0.2, 0.25) is 0 Å². The molecule has 0 aliphatic heterocycles. The Morgan fingerprint density at radius 2 is 1.72 bits per heavy atom. The van der Waals surface area contributed by atoms with Gasteiger partial charge < -0.3 is 4.74 Å². The molecule has 0 spiro atoms. The van der Waals surface area contributed by atoms with Gasteiger partial charge in [0.2, 0.25) is 0 Å². The minimum absolute atomic E-state index is 0.313. The Balaban J connectivity index is 2.28. The van der Waals surface area contributed by atoms with Crippen LogP contribution in [0.1, 0.15) is 16.5 Å². The SMILES string of the molecule is COc1ccc(C(Cl)c2ccc(Br)c(F)c2)cc1. The Labute approximate surface area is 119 Å². The summed E-state index contributed by atoms with van der Waals surface area (Å²) in [5, 5.41) is -0.376. The first-order valence-corrected chi connectivity index (χ1v) is 6.57. The van der Waals surface area contributed by atoms with Gasteiger partial charge in [-0.3, -0.25) is 0 Å². The minimum atomic E-state index is -0.376. The summed E-state index contributed by atoms with van der Waals surface area (Å²) in [5.41, 5.74) is 1.63. The summed E-state index contributed by atoms with van der Waals surface area (Å²) in [6.45, 7) is 0. The summed E-state index contributed by atoms with van der Waals surface area (Å²) in [6.07, 6.45) is 0. The molecule has 0 heterocycles. The molecular formula is C14H11BrClFO. The molecule has 1 atom stereocenters. The fourth-order valence-electron chi connectivity index (χ4n) is 1.64. The van der Waals surface area contributed by atoms with Crippen LogP contribution in [0.5, 0.6) is 5.75 Å². The molecule has 0 aliphatic rings. The largest absolute Gasteiger partial charge is 0.497 e. The third kappa shape index (κ3) is 2.85. The van der Waals surface area contributed by atoms with E-state index in [-0.39, 0.29) is 11.2 Å². The standard InChI is InChI=1S/C14H11BrClFO/c1-18-11-5-2-9(3-6-11)14(16)10-4-7-12(15)13(17)8-10/h2-8,14H,1H3. The first-order chi connectivity index (χ1) is 8.61. The molecule has 0 saturated heterocycles. The molecule has 0 N–H and O–H groups in total. The second kappa shape index (κ2) is 5.72. The van der Waals surface area contributed by atoms with Crippen LogP contribution in [-0.4, -0.2) is 7.11 Å². The predicted molar refractivity (Wildman–Crippen MR) is 74.8 cm³/mol. The first-order valence-electron chi connectivity index (χ1n) is 5.35. The van der Waals surface area contributed by atoms with Crippen molar-refractivity contribution in [2.45, 2.75) is 5.38 Å². The Bertz CT molecular complexity index is 542. The molecule has 1 unspecified atom stereocenters. The van der Waals surface area contributed by atoms with Crippen molar-refractivity contribution in [1.82, 2.24) is 0 Å². The summed E-state index contributed by atoms with van der Waals surface area (Å²) in [7, 11) is 1.61. The number of halogens is 3. The van der Waals surface area contributed by atoms with Crippen molar-refractivity contribution in [3.8, 4) is 5.75 Å². The van der Waals surface area contributed by atoms with E-state index in [9.17, 15) is 4.39 Å². The number of hydrogen-bond acceptors (Lipinski definition) is 1. The minimum Gasteiger partial charge on any atom is -0.497 e. The maximum Gasteiger partial charge on any atom is 0.137 e. The molecular weight excluding hydrogens is 319 g/mol. The molecule has 0 bridgehead atoms. The molecule has 94 valence electrons. The van der Waals surface area contributed by atoms with Crippen LogP contribution in [0.25, 0.3) is 0 Å². The quantitative estimate of drug-likeness (QED) is 0.726. The second-order valence-corrected chi connectivity index (χ2v) is 5.10. The number of alkyl halides is 1. The summed E-state index contributed by atoms with van der Waals surface area (Å²) in [4.78, 5) is 0. The molecule has 0 aromatic heterocycles. The van der Waals surface area contributed by atoms with Gasteiger partial charge in [-0.1, -0.05) is 18.2 Å². The second-order valence-electron chi connectivity index (χ2n) is 3.81. The normalized spacial score (nSPS) is 12.2. The highest BCUT2D eigenvalue weighted by Crippen LogP contribution is 2.31. The van der Waals surface area contributed by atoms with E-state index >= 15 is 0 Å². The number of methoxy groups -OCH3 is 1. The van der Waals surface area contributed by atoms with Crippen molar-refractivity contribution in [2.75, 3.05) is 7.11 Å². The molecule has 0 aliphatic carbocycles. The molecule has 2 aromatic rings. The van der Waals surface area contributed by atoms with E-state index in [1.165, 1.54) is 6.07 Å². The summed E-state index contributed by atoms with van der Waals surface area (Å²) < 4.78 is 19.0. The highest BCUT2D eigenvalue weighted by atomic mass is 79.9. The molecule has 0 saturated carbocycles. The Kier molecular flexibility index (Phi) is 4.25. The molecule has 1 nitrogen and oxygen atoms in total. The molecule has 2 aromatic carbocycles. The maximum atomic E-state index is 13.4. The zero-order valence-corrected chi connectivity index (χ0v) is 12.0. The lowest BCUT2D eigenvalue weighted by Crippen LogP contribution is -1.94. The zero-order valence-electron chi connectivity index (χ0n) is 9.66. The van der Waals surface area contributed by atoms with Crippen molar-refractivity contribution >= 4 is 27.5 Å². The number of hydrogen-bond donors (Lipinski definition) is 0. The zero-order chi connectivity index (χ0) is 13.1. The van der Waals surface area contributed by atoms with Gasteiger partial charge in [-0.15, -0.1) is 11.6 Å². The maximum absolute atomic E-state index is 13.4. The van der Waals surface area contributed by atoms with E-state index in [0.29, 0.717) is 4.47 Å². The third-order valence-corrected chi connectivity index (χ3v) is 3.79. The fourth-order valence-corrected chi connectivity index (χ4v) is 2.16. The Morgan fingerprint density at radius 3 is 2.28 bits per heavy atom. The van der Waals surface area contributed by atoms with Crippen LogP contribution in [0, 0.1) is 5.82 Å². The monoisotopic (exact) mass is 328 g/mol. The van der Waals surface area contributed by atoms with E-state index in [2.05, 4.69) is 15.9 Å². The fraction of sp³-hybridized carbons (Fsp3) is 0.143. The average molecular weight is 330 g/mol. The van der Waals surface area contributed by atoms with Gasteiger partial charge in [0.1, 0.15) is 11.6 Å². The van der Waals surface area contributed by atoms with Crippen LogP contribution >= 0.6 is 27.5 Å².